The highest BCUT2D eigenvalue weighted by molar-refractivity contribution is 6.29. The summed E-state index contributed by atoms with van der Waals surface area (Å²) in [5.41, 5.74) is 0.576. The summed E-state index contributed by atoms with van der Waals surface area (Å²) in [5, 5.41) is 6.62. The summed E-state index contributed by atoms with van der Waals surface area (Å²) in [6, 6.07) is 3.68. The minimum absolute atomic E-state index is 0.0570. The third-order valence-corrected chi connectivity index (χ3v) is 4.16. The van der Waals surface area contributed by atoms with Gasteiger partial charge in [0.25, 0.3) is 5.91 Å². The van der Waals surface area contributed by atoms with Gasteiger partial charge >= 0.3 is 0 Å². The van der Waals surface area contributed by atoms with Crippen molar-refractivity contribution in [2.45, 2.75) is 52.0 Å². The molecule has 0 aliphatic heterocycles. The van der Waals surface area contributed by atoms with Gasteiger partial charge in [-0.25, -0.2) is 4.98 Å². The van der Waals surface area contributed by atoms with Crippen LogP contribution < -0.4 is 10.6 Å². The second-order valence-corrected chi connectivity index (χ2v) is 6.31. The van der Waals surface area contributed by atoms with Crippen molar-refractivity contribution in [2.75, 3.05) is 11.9 Å². The van der Waals surface area contributed by atoms with Gasteiger partial charge in [0.2, 0.25) is 0 Å². The first-order valence-electron chi connectivity index (χ1n) is 7.80. The van der Waals surface area contributed by atoms with Crippen molar-refractivity contribution in [3.05, 3.63) is 22.8 Å². The number of rotatable bonds is 5. The lowest BCUT2D eigenvalue weighted by Crippen LogP contribution is -2.37. The quantitative estimate of drug-likeness (QED) is 0.812. The molecule has 0 bridgehead atoms. The summed E-state index contributed by atoms with van der Waals surface area (Å²) in [6.07, 6.45) is 5.49. The van der Waals surface area contributed by atoms with E-state index in [1.54, 1.807) is 12.1 Å². The SMILES string of the molecule is CCCNc1cc(C(=O)NC2CCC(C)CC2)cc(Cl)n1. The first-order valence-corrected chi connectivity index (χ1v) is 8.18. The van der Waals surface area contributed by atoms with E-state index >= 15 is 0 Å². The first-order chi connectivity index (χ1) is 10.1. The number of pyridine rings is 1. The van der Waals surface area contributed by atoms with Crippen LogP contribution in [-0.4, -0.2) is 23.5 Å². The van der Waals surface area contributed by atoms with Crippen LogP contribution in [-0.2, 0) is 0 Å². The van der Waals surface area contributed by atoms with E-state index in [-0.39, 0.29) is 11.9 Å². The van der Waals surface area contributed by atoms with Crippen LogP contribution in [0.4, 0.5) is 5.82 Å². The number of carbonyl (C=O) groups is 1. The van der Waals surface area contributed by atoms with Crippen molar-refractivity contribution in [3.63, 3.8) is 0 Å². The Labute approximate surface area is 131 Å². The average molecular weight is 310 g/mol. The topological polar surface area (TPSA) is 54.0 Å². The van der Waals surface area contributed by atoms with Gasteiger partial charge in [-0.15, -0.1) is 0 Å². The van der Waals surface area contributed by atoms with Gasteiger partial charge in [0.1, 0.15) is 11.0 Å². The molecule has 2 N–H and O–H groups in total. The minimum atomic E-state index is -0.0570. The lowest BCUT2D eigenvalue weighted by molar-refractivity contribution is 0.0923. The maximum atomic E-state index is 12.3. The highest BCUT2D eigenvalue weighted by Crippen LogP contribution is 2.24. The third-order valence-electron chi connectivity index (χ3n) is 3.96. The van der Waals surface area contributed by atoms with Crippen LogP contribution in [0.25, 0.3) is 0 Å². The number of anilines is 1. The van der Waals surface area contributed by atoms with Crippen LogP contribution in [0.5, 0.6) is 0 Å². The molecule has 1 aliphatic rings. The van der Waals surface area contributed by atoms with E-state index in [9.17, 15) is 4.79 Å². The molecule has 0 aromatic carbocycles. The molecule has 0 radical (unpaired) electrons. The maximum absolute atomic E-state index is 12.3. The molecule has 0 spiro atoms. The number of hydrogen-bond acceptors (Lipinski definition) is 3. The number of carbonyl (C=O) groups excluding carboxylic acids is 1. The molecule has 1 saturated carbocycles. The Kier molecular flexibility index (Phi) is 5.85. The molecule has 0 unspecified atom stereocenters. The van der Waals surface area contributed by atoms with E-state index in [4.69, 9.17) is 11.6 Å². The summed E-state index contributed by atoms with van der Waals surface area (Å²) >= 11 is 6.00. The van der Waals surface area contributed by atoms with E-state index < -0.39 is 0 Å². The summed E-state index contributed by atoms with van der Waals surface area (Å²) in [4.78, 5) is 16.5. The highest BCUT2D eigenvalue weighted by atomic mass is 35.5. The van der Waals surface area contributed by atoms with Crippen LogP contribution in [0.2, 0.25) is 5.15 Å². The molecule has 1 amide bonds. The monoisotopic (exact) mass is 309 g/mol. The molecule has 4 nitrogen and oxygen atoms in total. The van der Waals surface area contributed by atoms with Crippen LogP contribution >= 0.6 is 11.6 Å². The van der Waals surface area contributed by atoms with Gasteiger partial charge in [0, 0.05) is 18.2 Å². The van der Waals surface area contributed by atoms with Crippen molar-refractivity contribution in [1.29, 1.82) is 0 Å². The fourth-order valence-electron chi connectivity index (χ4n) is 2.64. The van der Waals surface area contributed by atoms with Gasteiger partial charge in [-0.05, 0) is 50.2 Å². The van der Waals surface area contributed by atoms with Crippen LogP contribution in [0.15, 0.2) is 12.1 Å². The Morgan fingerprint density at radius 1 is 1.33 bits per heavy atom. The molecule has 1 fully saturated rings. The van der Waals surface area contributed by atoms with Gasteiger partial charge in [-0.3, -0.25) is 4.79 Å². The molecule has 1 aliphatic carbocycles. The lowest BCUT2D eigenvalue weighted by Gasteiger charge is -2.27. The molecule has 1 heterocycles. The van der Waals surface area contributed by atoms with E-state index in [1.807, 2.05) is 0 Å². The Morgan fingerprint density at radius 3 is 2.71 bits per heavy atom. The van der Waals surface area contributed by atoms with E-state index in [0.717, 1.165) is 31.7 Å². The smallest absolute Gasteiger partial charge is 0.251 e. The van der Waals surface area contributed by atoms with Crippen molar-refractivity contribution in [2.24, 2.45) is 5.92 Å². The van der Waals surface area contributed by atoms with Crippen molar-refractivity contribution < 1.29 is 4.79 Å². The fourth-order valence-corrected chi connectivity index (χ4v) is 2.85. The molecule has 21 heavy (non-hydrogen) atoms. The zero-order valence-corrected chi connectivity index (χ0v) is 13.5. The minimum Gasteiger partial charge on any atom is -0.370 e. The molecule has 116 valence electrons. The second kappa shape index (κ2) is 7.64. The Hall–Kier alpha value is -1.29. The summed E-state index contributed by atoms with van der Waals surface area (Å²) in [5.74, 6) is 1.38. The number of nitrogens with zero attached hydrogens (tertiary/aromatic N) is 1. The number of aromatic nitrogens is 1. The largest absolute Gasteiger partial charge is 0.370 e. The molecule has 0 saturated heterocycles. The Morgan fingerprint density at radius 2 is 2.05 bits per heavy atom. The molecular weight excluding hydrogens is 286 g/mol. The molecule has 2 rings (SSSR count). The van der Waals surface area contributed by atoms with E-state index in [2.05, 4.69) is 29.5 Å². The van der Waals surface area contributed by atoms with E-state index in [1.165, 1.54) is 12.8 Å². The van der Waals surface area contributed by atoms with Gasteiger partial charge in [0.15, 0.2) is 0 Å². The summed E-state index contributed by atoms with van der Waals surface area (Å²) < 4.78 is 0. The molecule has 5 heteroatoms. The summed E-state index contributed by atoms with van der Waals surface area (Å²) in [6.45, 7) is 5.16. The van der Waals surface area contributed by atoms with Gasteiger partial charge in [-0.1, -0.05) is 25.4 Å². The maximum Gasteiger partial charge on any atom is 0.251 e. The zero-order chi connectivity index (χ0) is 15.2. The van der Waals surface area contributed by atoms with Gasteiger partial charge < -0.3 is 10.6 Å². The van der Waals surface area contributed by atoms with Crippen molar-refractivity contribution in [3.8, 4) is 0 Å². The molecule has 0 atom stereocenters. The fraction of sp³-hybridized carbons (Fsp3) is 0.625. The van der Waals surface area contributed by atoms with Gasteiger partial charge in [-0.2, -0.15) is 0 Å². The van der Waals surface area contributed by atoms with Crippen molar-refractivity contribution >= 4 is 23.3 Å². The number of halogens is 1. The number of nitrogens with one attached hydrogen (secondary N) is 2. The zero-order valence-electron chi connectivity index (χ0n) is 12.8. The van der Waals surface area contributed by atoms with Crippen LogP contribution in [0.3, 0.4) is 0 Å². The second-order valence-electron chi connectivity index (χ2n) is 5.92. The third kappa shape index (κ3) is 4.88. The average Bonchev–Trinajstić information content (AvgIpc) is 2.47. The molecule has 1 aromatic rings. The predicted octanol–water partition coefficient (Wildman–Crippen LogP) is 3.87. The highest BCUT2D eigenvalue weighted by Gasteiger charge is 2.20. The normalized spacial score (nSPS) is 21.9. The number of amides is 1. The predicted molar refractivity (Wildman–Crippen MR) is 86.9 cm³/mol. The summed E-state index contributed by atoms with van der Waals surface area (Å²) in [7, 11) is 0. The van der Waals surface area contributed by atoms with Crippen molar-refractivity contribution in [1.82, 2.24) is 10.3 Å². The first kappa shape index (κ1) is 16.1. The molecule has 1 aromatic heterocycles. The Balaban J connectivity index is 1.99. The standard InChI is InChI=1S/C16H24ClN3O/c1-3-8-18-15-10-12(9-14(17)20-15)16(21)19-13-6-4-11(2)5-7-13/h9-11,13H,3-8H2,1-2H3,(H,18,20)(H,19,21). The lowest BCUT2D eigenvalue weighted by atomic mass is 9.87. The van der Waals surface area contributed by atoms with E-state index in [0.29, 0.717) is 16.5 Å². The number of hydrogen-bond donors (Lipinski definition) is 2. The van der Waals surface area contributed by atoms with Crippen LogP contribution in [0.1, 0.15) is 56.3 Å². The molecular formula is C16H24ClN3O. The van der Waals surface area contributed by atoms with Crippen LogP contribution in [0, 0.1) is 5.92 Å². The van der Waals surface area contributed by atoms with Gasteiger partial charge in [0.05, 0.1) is 0 Å². The Bertz CT molecular complexity index is 484.